The van der Waals surface area contributed by atoms with Crippen molar-refractivity contribution in [1.82, 2.24) is 0 Å². The third kappa shape index (κ3) is 30.6. The molecule has 0 aliphatic rings. The van der Waals surface area contributed by atoms with Gasteiger partial charge in [0.15, 0.2) is 6.10 Å². The minimum Gasteiger partial charge on any atom is -0.462 e. The lowest BCUT2D eigenvalue weighted by molar-refractivity contribution is -0.161. The molecule has 5 heteroatoms. The topological polar surface area (TPSA) is 72.8 Å². The van der Waals surface area contributed by atoms with Crippen molar-refractivity contribution in [1.29, 1.82) is 0 Å². The van der Waals surface area contributed by atoms with Crippen LogP contribution in [0.25, 0.3) is 0 Å². The van der Waals surface area contributed by atoms with Gasteiger partial charge in [-0.25, -0.2) is 0 Å². The van der Waals surface area contributed by atoms with E-state index in [-0.39, 0.29) is 25.2 Å². The van der Waals surface area contributed by atoms with E-state index in [1.165, 1.54) is 51.4 Å². The van der Waals surface area contributed by atoms with E-state index in [9.17, 15) is 14.7 Å². The number of carbonyl (C=O) groups is 2. The number of carbonyl (C=O) groups excluding carboxylic acids is 2. The zero-order valence-corrected chi connectivity index (χ0v) is 27.0. The molecule has 1 atom stereocenters. The first-order valence-corrected chi connectivity index (χ1v) is 16.8. The zero-order valence-electron chi connectivity index (χ0n) is 27.0. The average molecular weight is 587 g/mol. The molecule has 0 saturated carbocycles. The van der Waals surface area contributed by atoms with Gasteiger partial charge < -0.3 is 14.6 Å². The quantitative estimate of drug-likeness (QED) is 0.0536. The number of hydrogen-bond acceptors (Lipinski definition) is 5. The molecule has 0 heterocycles. The second kappa shape index (κ2) is 33.1. The first kappa shape index (κ1) is 39.6. The molecule has 0 aliphatic carbocycles. The van der Waals surface area contributed by atoms with E-state index in [1.807, 2.05) is 0 Å². The minimum absolute atomic E-state index is 0.0962. The van der Waals surface area contributed by atoms with Gasteiger partial charge >= 0.3 is 11.9 Å². The number of esters is 2. The molecule has 0 rings (SSSR count). The van der Waals surface area contributed by atoms with Crippen LogP contribution in [0, 0.1) is 0 Å². The maximum absolute atomic E-state index is 12.1. The molecular weight excluding hydrogens is 524 g/mol. The molecule has 240 valence electrons. The van der Waals surface area contributed by atoms with E-state index < -0.39 is 6.10 Å². The molecule has 1 unspecified atom stereocenters. The van der Waals surface area contributed by atoms with Crippen LogP contribution in [0.1, 0.15) is 142 Å². The summed E-state index contributed by atoms with van der Waals surface area (Å²) < 4.78 is 10.5. The molecule has 0 aliphatic heterocycles. The lowest BCUT2D eigenvalue weighted by atomic mass is 10.1. The van der Waals surface area contributed by atoms with Crippen molar-refractivity contribution >= 4 is 11.9 Å². The fraction of sp³-hybridized carbons (Fsp3) is 0.676. The highest BCUT2D eigenvalue weighted by molar-refractivity contribution is 5.70. The summed E-state index contributed by atoms with van der Waals surface area (Å²) in [6.45, 7) is 3.94. The van der Waals surface area contributed by atoms with Gasteiger partial charge in [0.05, 0.1) is 6.61 Å². The van der Waals surface area contributed by atoms with Crippen molar-refractivity contribution in [3.8, 4) is 0 Å². The van der Waals surface area contributed by atoms with Crippen molar-refractivity contribution in [2.45, 2.75) is 148 Å². The molecule has 0 bridgehead atoms. The zero-order chi connectivity index (χ0) is 30.8. The minimum atomic E-state index is -0.792. The van der Waals surface area contributed by atoms with E-state index in [0.717, 1.165) is 57.8 Å². The van der Waals surface area contributed by atoms with E-state index in [1.54, 1.807) is 0 Å². The van der Waals surface area contributed by atoms with E-state index in [2.05, 4.69) is 74.6 Å². The molecule has 1 N–H and O–H groups in total. The number of aliphatic hydroxyl groups is 1. The SMILES string of the molecule is CCC=CCC=CCC=CCC=CCC=CCCCC(=O)OCC(CO)OC(=O)CCCCCCCCCCCCC. The summed E-state index contributed by atoms with van der Waals surface area (Å²) in [6, 6.07) is 0. The van der Waals surface area contributed by atoms with E-state index >= 15 is 0 Å². The normalized spacial score (nSPS) is 12.9. The van der Waals surface area contributed by atoms with Crippen molar-refractivity contribution < 1.29 is 24.2 Å². The van der Waals surface area contributed by atoms with Gasteiger partial charge in [0.1, 0.15) is 6.61 Å². The highest BCUT2D eigenvalue weighted by Gasteiger charge is 2.15. The summed E-state index contributed by atoms with van der Waals surface area (Å²) in [5, 5.41) is 9.49. The van der Waals surface area contributed by atoms with Gasteiger partial charge in [0, 0.05) is 12.8 Å². The van der Waals surface area contributed by atoms with Gasteiger partial charge in [-0.15, -0.1) is 0 Å². The number of rotatable bonds is 29. The number of aliphatic hydroxyl groups excluding tert-OH is 1. The predicted molar refractivity (Wildman–Crippen MR) is 177 cm³/mol. The second-order valence-corrected chi connectivity index (χ2v) is 10.9. The summed E-state index contributed by atoms with van der Waals surface area (Å²) in [6.07, 6.45) is 41.3. The lowest BCUT2D eigenvalue weighted by Gasteiger charge is -2.15. The standard InChI is InChI=1S/C37H62O5/c1-3-5-7-9-11-13-15-16-17-18-19-20-22-23-25-27-29-31-36(39)41-34-35(33-38)42-37(40)32-30-28-26-24-21-14-12-10-8-6-4-2/h5,7,11,13,16-17,19-20,23,25,35,38H,3-4,6,8-10,12,14-15,18,21-22,24,26-34H2,1-2H3. The molecule has 0 aromatic rings. The monoisotopic (exact) mass is 586 g/mol. The van der Waals surface area contributed by atoms with Crippen LogP contribution in [-0.4, -0.2) is 36.4 Å². The fourth-order valence-corrected chi connectivity index (χ4v) is 4.29. The van der Waals surface area contributed by atoms with Crippen LogP contribution < -0.4 is 0 Å². The Morgan fingerprint density at radius 1 is 0.571 bits per heavy atom. The van der Waals surface area contributed by atoms with Crippen LogP contribution in [-0.2, 0) is 19.1 Å². The average Bonchev–Trinajstić information content (AvgIpc) is 2.99. The van der Waals surface area contributed by atoms with Crippen LogP contribution in [0.5, 0.6) is 0 Å². The number of allylic oxidation sites excluding steroid dienone is 10. The molecule has 0 fully saturated rings. The summed E-state index contributed by atoms with van der Waals surface area (Å²) in [5.74, 6) is -0.665. The Balaban J connectivity index is 3.72. The maximum Gasteiger partial charge on any atom is 0.306 e. The summed E-state index contributed by atoms with van der Waals surface area (Å²) >= 11 is 0. The fourth-order valence-electron chi connectivity index (χ4n) is 4.29. The molecule has 42 heavy (non-hydrogen) atoms. The first-order chi connectivity index (χ1) is 20.6. The summed E-state index contributed by atoms with van der Waals surface area (Å²) in [4.78, 5) is 24.1. The number of unbranched alkanes of at least 4 members (excludes halogenated alkanes) is 11. The molecule has 0 radical (unpaired) electrons. The van der Waals surface area contributed by atoms with Crippen LogP contribution in [0.2, 0.25) is 0 Å². The Morgan fingerprint density at radius 3 is 1.52 bits per heavy atom. The third-order valence-electron chi connectivity index (χ3n) is 6.83. The third-order valence-corrected chi connectivity index (χ3v) is 6.83. The van der Waals surface area contributed by atoms with Crippen molar-refractivity contribution in [3.63, 3.8) is 0 Å². The second-order valence-electron chi connectivity index (χ2n) is 10.9. The largest absolute Gasteiger partial charge is 0.462 e. The van der Waals surface area contributed by atoms with Crippen molar-refractivity contribution in [2.75, 3.05) is 13.2 Å². The van der Waals surface area contributed by atoms with Crippen LogP contribution >= 0.6 is 0 Å². The van der Waals surface area contributed by atoms with E-state index in [4.69, 9.17) is 9.47 Å². The highest BCUT2D eigenvalue weighted by Crippen LogP contribution is 2.12. The van der Waals surface area contributed by atoms with E-state index in [0.29, 0.717) is 19.3 Å². The molecule has 0 aromatic carbocycles. The Kier molecular flexibility index (Phi) is 31.2. The van der Waals surface area contributed by atoms with Gasteiger partial charge in [-0.05, 0) is 51.4 Å². The highest BCUT2D eigenvalue weighted by atomic mass is 16.6. The van der Waals surface area contributed by atoms with Gasteiger partial charge in [-0.2, -0.15) is 0 Å². The Labute approximate surface area is 258 Å². The molecule has 0 saturated heterocycles. The Hall–Kier alpha value is -2.40. The molecule has 0 spiro atoms. The summed E-state index contributed by atoms with van der Waals surface area (Å²) in [7, 11) is 0. The molecule has 5 nitrogen and oxygen atoms in total. The molecule has 0 aromatic heterocycles. The maximum atomic E-state index is 12.1. The van der Waals surface area contributed by atoms with Gasteiger partial charge in [0.2, 0.25) is 0 Å². The summed E-state index contributed by atoms with van der Waals surface area (Å²) in [5.41, 5.74) is 0. The Bertz CT molecular complexity index is 762. The van der Waals surface area contributed by atoms with Crippen molar-refractivity contribution in [3.05, 3.63) is 60.8 Å². The van der Waals surface area contributed by atoms with Gasteiger partial charge in [-0.3, -0.25) is 9.59 Å². The molecular formula is C37H62O5. The number of hydrogen-bond donors (Lipinski definition) is 1. The predicted octanol–water partition coefficient (Wildman–Crippen LogP) is 10.1. The van der Waals surface area contributed by atoms with Gasteiger partial charge in [0.25, 0.3) is 0 Å². The molecule has 0 amide bonds. The van der Waals surface area contributed by atoms with Crippen LogP contribution in [0.3, 0.4) is 0 Å². The van der Waals surface area contributed by atoms with Crippen molar-refractivity contribution in [2.24, 2.45) is 0 Å². The number of ether oxygens (including phenoxy) is 2. The smallest absolute Gasteiger partial charge is 0.306 e. The first-order valence-electron chi connectivity index (χ1n) is 16.8. The Morgan fingerprint density at radius 2 is 1.02 bits per heavy atom. The van der Waals surface area contributed by atoms with Crippen LogP contribution in [0.15, 0.2) is 60.8 Å². The van der Waals surface area contributed by atoms with Crippen LogP contribution in [0.4, 0.5) is 0 Å². The van der Waals surface area contributed by atoms with Gasteiger partial charge in [-0.1, -0.05) is 139 Å². The lowest BCUT2D eigenvalue weighted by Crippen LogP contribution is -2.28.